The standard InChI is InChI=1S/C28H35ClN4O2/c1-27(2,20-3-5-21(29)6-4-20)25(34)32-16-23(30)24-18-11-17-12-19(24)15-28(13-17,14-18)26(35)33-22-7-9-31-10-8-22/h3-10,17-19,23-24H,11-16,30H2,1-2H3,(H,32,34)(H,31,33,35)/t17?,18?,19?,23-,24?,28?/m1/s1. The highest BCUT2D eigenvalue weighted by atomic mass is 35.5. The fourth-order valence-corrected chi connectivity index (χ4v) is 7.43. The molecule has 6 nitrogen and oxygen atoms in total. The van der Waals surface area contributed by atoms with Crippen LogP contribution in [0.5, 0.6) is 0 Å². The molecule has 6 rings (SSSR count). The monoisotopic (exact) mass is 494 g/mol. The molecule has 2 unspecified atom stereocenters. The average Bonchev–Trinajstić information content (AvgIpc) is 2.82. The Hall–Kier alpha value is -2.44. The third-order valence-corrected chi connectivity index (χ3v) is 9.14. The second-order valence-corrected chi connectivity index (χ2v) is 12.0. The maximum atomic E-state index is 13.4. The first kappa shape index (κ1) is 24.3. The van der Waals surface area contributed by atoms with E-state index in [1.165, 1.54) is 0 Å². The summed E-state index contributed by atoms with van der Waals surface area (Å²) in [5.74, 6) is 1.91. The zero-order valence-corrected chi connectivity index (χ0v) is 21.2. The third kappa shape index (κ3) is 4.58. The van der Waals surface area contributed by atoms with Crippen molar-refractivity contribution in [1.82, 2.24) is 10.3 Å². The van der Waals surface area contributed by atoms with E-state index >= 15 is 0 Å². The van der Waals surface area contributed by atoms with E-state index < -0.39 is 5.41 Å². The van der Waals surface area contributed by atoms with E-state index in [-0.39, 0.29) is 23.3 Å². The van der Waals surface area contributed by atoms with E-state index in [0.29, 0.717) is 35.2 Å². The summed E-state index contributed by atoms with van der Waals surface area (Å²) < 4.78 is 0. The van der Waals surface area contributed by atoms with Crippen LogP contribution in [0, 0.1) is 29.1 Å². The lowest BCUT2D eigenvalue weighted by molar-refractivity contribution is -0.149. The summed E-state index contributed by atoms with van der Waals surface area (Å²) in [4.78, 5) is 30.5. The molecule has 0 radical (unpaired) electrons. The quantitative estimate of drug-likeness (QED) is 0.526. The van der Waals surface area contributed by atoms with Crippen molar-refractivity contribution in [3.63, 3.8) is 0 Å². The SMILES string of the molecule is CC(C)(C(=O)NC[C@@H](N)C1C2CC3CC1CC(C(=O)Nc1ccncc1)(C3)C2)c1ccc(Cl)cc1. The molecule has 0 spiro atoms. The van der Waals surface area contributed by atoms with Crippen LogP contribution < -0.4 is 16.4 Å². The normalized spacial score (nSPS) is 30.1. The van der Waals surface area contributed by atoms with E-state index in [1.54, 1.807) is 12.4 Å². The zero-order valence-electron chi connectivity index (χ0n) is 20.5. The Balaban J connectivity index is 1.23. The van der Waals surface area contributed by atoms with E-state index in [0.717, 1.165) is 43.4 Å². The Morgan fingerprint density at radius 1 is 1.09 bits per heavy atom. The number of carbonyl (C=O) groups excluding carboxylic acids is 2. The van der Waals surface area contributed by atoms with Crippen molar-refractivity contribution in [1.29, 1.82) is 0 Å². The van der Waals surface area contributed by atoms with Crippen molar-refractivity contribution in [2.24, 2.45) is 34.8 Å². The van der Waals surface area contributed by atoms with Crippen LogP contribution in [-0.2, 0) is 15.0 Å². The molecule has 0 saturated heterocycles. The van der Waals surface area contributed by atoms with Crippen molar-refractivity contribution >= 4 is 29.1 Å². The summed E-state index contributed by atoms with van der Waals surface area (Å²) in [5.41, 5.74) is 7.51. The topological polar surface area (TPSA) is 97.1 Å². The van der Waals surface area contributed by atoms with Gasteiger partial charge in [0.05, 0.1) is 10.8 Å². The number of benzene rings is 1. The second kappa shape index (κ2) is 9.21. The molecule has 7 heteroatoms. The van der Waals surface area contributed by atoms with Crippen LogP contribution >= 0.6 is 11.6 Å². The minimum atomic E-state index is -0.677. The van der Waals surface area contributed by atoms with Crippen LogP contribution in [-0.4, -0.2) is 29.4 Å². The van der Waals surface area contributed by atoms with Crippen LogP contribution in [0.15, 0.2) is 48.8 Å². The number of anilines is 1. The Labute approximate surface area is 212 Å². The molecule has 3 atom stereocenters. The van der Waals surface area contributed by atoms with Crippen LogP contribution in [0.2, 0.25) is 5.02 Å². The Morgan fingerprint density at radius 2 is 1.71 bits per heavy atom. The lowest BCUT2D eigenvalue weighted by Gasteiger charge is -2.60. The van der Waals surface area contributed by atoms with Crippen molar-refractivity contribution < 1.29 is 9.59 Å². The molecule has 1 aromatic carbocycles. The van der Waals surface area contributed by atoms with Crippen LogP contribution in [0.1, 0.15) is 51.5 Å². The van der Waals surface area contributed by atoms with Crippen molar-refractivity contribution in [3.8, 4) is 0 Å². The summed E-state index contributed by atoms with van der Waals surface area (Å²) >= 11 is 6.02. The van der Waals surface area contributed by atoms with Crippen LogP contribution in [0.25, 0.3) is 0 Å². The maximum Gasteiger partial charge on any atom is 0.230 e. The smallest absolute Gasteiger partial charge is 0.230 e. The van der Waals surface area contributed by atoms with Gasteiger partial charge < -0.3 is 16.4 Å². The molecule has 186 valence electrons. The van der Waals surface area contributed by atoms with Gasteiger partial charge in [0.15, 0.2) is 0 Å². The summed E-state index contributed by atoms with van der Waals surface area (Å²) in [7, 11) is 0. The summed E-state index contributed by atoms with van der Waals surface area (Å²) in [6, 6.07) is 11.0. The first-order valence-electron chi connectivity index (χ1n) is 12.7. The number of rotatable bonds is 7. The fraction of sp³-hybridized carbons (Fsp3) is 0.536. The largest absolute Gasteiger partial charge is 0.354 e. The van der Waals surface area contributed by atoms with Gasteiger partial charge in [-0.15, -0.1) is 0 Å². The molecule has 4 fully saturated rings. The minimum absolute atomic E-state index is 0.0349. The van der Waals surface area contributed by atoms with Crippen molar-refractivity contribution in [3.05, 3.63) is 59.4 Å². The number of hydrogen-bond acceptors (Lipinski definition) is 4. The van der Waals surface area contributed by atoms with Gasteiger partial charge in [0, 0.05) is 35.7 Å². The van der Waals surface area contributed by atoms with Gasteiger partial charge in [-0.3, -0.25) is 14.6 Å². The molecule has 4 aliphatic carbocycles. The molecule has 1 heterocycles. The predicted octanol–water partition coefficient (Wildman–Crippen LogP) is 4.54. The van der Waals surface area contributed by atoms with Gasteiger partial charge in [0.25, 0.3) is 0 Å². The van der Waals surface area contributed by atoms with E-state index in [4.69, 9.17) is 17.3 Å². The van der Waals surface area contributed by atoms with E-state index in [9.17, 15) is 9.59 Å². The third-order valence-electron chi connectivity index (χ3n) is 8.89. The average molecular weight is 495 g/mol. The lowest BCUT2D eigenvalue weighted by atomic mass is 9.45. The predicted molar refractivity (Wildman–Crippen MR) is 138 cm³/mol. The molecular weight excluding hydrogens is 460 g/mol. The molecule has 35 heavy (non-hydrogen) atoms. The number of nitrogens with one attached hydrogen (secondary N) is 2. The number of carbonyl (C=O) groups is 2. The molecule has 4 bridgehead atoms. The molecule has 4 aliphatic rings. The number of halogens is 1. The van der Waals surface area contributed by atoms with Crippen molar-refractivity contribution in [2.45, 2.75) is 57.4 Å². The van der Waals surface area contributed by atoms with Gasteiger partial charge in [-0.25, -0.2) is 0 Å². The molecule has 2 aromatic rings. The van der Waals surface area contributed by atoms with Gasteiger partial charge in [-0.2, -0.15) is 0 Å². The van der Waals surface area contributed by atoms with Gasteiger partial charge in [-0.1, -0.05) is 23.7 Å². The molecule has 0 aliphatic heterocycles. The number of pyridine rings is 1. The van der Waals surface area contributed by atoms with Gasteiger partial charge in [0.2, 0.25) is 11.8 Å². The highest BCUT2D eigenvalue weighted by Crippen LogP contribution is 2.63. The lowest BCUT2D eigenvalue weighted by Crippen LogP contribution is -2.60. The molecule has 2 amide bonds. The Bertz CT molecular complexity index is 1070. The van der Waals surface area contributed by atoms with Crippen molar-refractivity contribution in [2.75, 3.05) is 11.9 Å². The summed E-state index contributed by atoms with van der Waals surface area (Å²) in [6.45, 7) is 4.30. The summed E-state index contributed by atoms with van der Waals surface area (Å²) in [5, 5.41) is 6.92. The molecular formula is C28H35ClN4O2. The van der Waals surface area contributed by atoms with Gasteiger partial charge in [0.1, 0.15) is 0 Å². The molecule has 4 saturated carbocycles. The van der Waals surface area contributed by atoms with Gasteiger partial charge in [-0.05, 0) is 99.5 Å². The number of amides is 2. The van der Waals surface area contributed by atoms with Crippen LogP contribution in [0.3, 0.4) is 0 Å². The van der Waals surface area contributed by atoms with Crippen LogP contribution in [0.4, 0.5) is 5.69 Å². The second-order valence-electron chi connectivity index (χ2n) is 11.5. The van der Waals surface area contributed by atoms with E-state index in [1.807, 2.05) is 50.2 Å². The van der Waals surface area contributed by atoms with E-state index in [2.05, 4.69) is 15.6 Å². The number of nitrogens with two attached hydrogens (primary N) is 1. The molecule has 1 aromatic heterocycles. The maximum absolute atomic E-state index is 13.4. The van der Waals surface area contributed by atoms with Gasteiger partial charge >= 0.3 is 0 Å². The number of aromatic nitrogens is 1. The first-order chi connectivity index (χ1) is 16.7. The highest BCUT2D eigenvalue weighted by molar-refractivity contribution is 6.30. The summed E-state index contributed by atoms with van der Waals surface area (Å²) in [6.07, 6.45) is 8.44. The number of hydrogen-bond donors (Lipinski definition) is 3. The zero-order chi connectivity index (χ0) is 24.8. The minimum Gasteiger partial charge on any atom is -0.354 e. The Kier molecular flexibility index (Phi) is 6.39. The fourth-order valence-electron chi connectivity index (χ4n) is 7.30. The number of nitrogens with zero attached hydrogens (tertiary/aromatic N) is 1. The highest BCUT2D eigenvalue weighted by Gasteiger charge is 2.59. The Morgan fingerprint density at radius 3 is 2.34 bits per heavy atom. The molecule has 4 N–H and O–H groups in total. The first-order valence-corrected chi connectivity index (χ1v) is 13.1.